The number of hydrogen-bond acceptors (Lipinski definition) is 3. The van der Waals surface area contributed by atoms with Crippen molar-refractivity contribution < 1.29 is 18.0 Å². The summed E-state index contributed by atoms with van der Waals surface area (Å²) in [7, 11) is 1.76. The predicted octanol–water partition coefficient (Wildman–Crippen LogP) is 2.38. The van der Waals surface area contributed by atoms with Crippen LogP contribution in [-0.4, -0.2) is 32.0 Å². The zero-order chi connectivity index (χ0) is 18.1. The Bertz CT molecular complexity index is 745. The van der Waals surface area contributed by atoms with Crippen molar-refractivity contribution in [1.29, 1.82) is 0 Å². The second kappa shape index (κ2) is 6.66. The van der Waals surface area contributed by atoms with Crippen LogP contribution in [0.25, 0.3) is 0 Å². The lowest BCUT2D eigenvalue weighted by atomic mass is 10.2. The molecule has 9 heteroatoms. The molecule has 1 amide bonds. The highest BCUT2D eigenvalue weighted by molar-refractivity contribution is 5.96. The first-order valence-electron chi connectivity index (χ1n) is 7.51. The topological polar surface area (TPSA) is 64.7 Å². The Balaban J connectivity index is 1.89. The third-order valence-corrected chi connectivity index (χ3v) is 3.84. The van der Waals surface area contributed by atoms with Gasteiger partial charge in [0.05, 0.1) is 11.3 Å². The largest absolute Gasteiger partial charge is 0.435 e. The molecule has 0 bridgehead atoms. The highest BCUT2D eigenvalue weighted by Gasteiger charge is 2.34. The van der Waals surface area contributed by atoms with Crippen molar-refractivity contribution in [3.05, 3.63) is 34.4 Å². The molecule has 2 aromatic heterocycles. The van der Waals surface area contributed by atoms with Gasteiger partial charge in [0, 0.05) is 31.5 Å². The number of nitrogens with zero attached hydrogens (tertiary/aromatic N) is 4. The lowest BCUT2D eigenvalue weighted by Gasteiger charge is -2.07. The number of hydrogen-bond donors (Lipinski definition) is 1. The molecule has 2 aromatic rings. The van der Waals surface area contributed by atoms with Crippen LogP contribution in [0.5, 0.6) is 0 Å². The molecule has 0 saturated heterocycles. The maximum Gasteiger partial charge on any atom is 0.435 e. The Morgan fingerprint density at radius 3 is 2.42 bits per heavy atom. The Hall–Kier alpha value is -2.32. The Morgan fingerprint density at radius 2 is 1.92 bits per heavy atom. The average molecular weight is 343 g/mol. The summed E-state index contributed by atoms with van der Waals surface area (Å²) < 4.78 is 40.7. The van der Waals surface area contributed by atoms with E-state index in [0.29, 0.717) is 36.5 Å². The van der Waals surface area contributed by atoms with E-state index in [1.165, 1.54) is 4.68 Å². The van der Waals surface area contributed by atoms with E-state index in [1.54, 1.807) is 32.5 Å². The fourth-order valence-electron chi connectivity index (χ4n) is 2.50. The molecule has 0 aliphatic rings. The van der Waals surface area contributed by atoms with Crippen LogP contribution in [0, 0.1) is 20.8 Å². The molecule has 1 N–H and O–H groups in total. The zero-order valence-corrected chi connectivity index (χ0v) is 14.0. The molecule has 2 heterocycles. The van der Waals surface area contributed by atoms with Gasteiger partial charge in [0.15, 0.2) is 5.69 Å². The summed E-state index contributed by atoms with van der Waals surface area (Å²) in [5, 5.41) is 10.5. The monoisotopic (exact) mass is 343 g/mol. The lowest BCUT2D eigenvalue weighted by Crippen LogP contribution is -2.26. The molecule has 24 heavy (non-hydrogen) atoms. The van der Waals surface area contributed by atoms with Crippen LogP contribution in [-0.2, 0) is 19.8 Å². The highest BCUT2D eigenvalue weighted by Crippen LogP contribution is 2.28. The number of carbonyl (C=O) groups excluding carboxylic acids is 1. The molecule has 0 aromatic carbocycles. The maximum atomic E-state index is 12.6. The number of halogens is 3. The summed E-state index contributed by atoms with van der Waals surface area (Å²) in [4.78, 5) is 12.2. The van der Waals surface area contributed by atoms with Crippen molar-refractivity contribution in [2.24, 2.45) is 7.05 Å². The van der Waals surface area contributed by atoms with Gasteiger partial charge in [0.2, 0.25) is 0 Å². The first kappa shape index (κ1) is 18.0. The van der Waals surface area contributed by atoms with E-state index < -0.39 is 11.9 Å². The third kappa shape index (κ3) is 3.77. The summed E-state index contributed by atoms with van der Waals surface area (Å²) in [5.74, 6) is -0.230. The fourth-order valence-corrected chi connectivity index (χ4v) is 2.50. The van der Waals surface area contributed by atoms with E-state index in [-0.39, 0.29) is 5.91 Å². The summed E-state index contributed by atoms with van der Waals surface area (Å²) in [6.45, 7) is 5.78. The van der Waals surface area contributed by atoms with Crippen molar-refractivity contribution in [3.8, 4) is 0 Å². The lowest BCUT2D eigenvalue weighted by molar-refractivity contribution is -0.141. The average Bonchev–Trinajstić information content (AvgIpc) is 2.95. The Labute approximate surface area is 137 Å². The molecular weight excluding hydrogens is 323 g/mol. The van der Waals surface area contributed by atoms with Gasteiger partial charge in [-0.2, -0.15) is 23.4 Å². The molecule has 6 nitrogen and oxygen atoms in total. The van der Waals surface area contributed by atoms with Gasteiger partial charge in [-0.1, -0.05) is 0 Å². The number of alkyl halides is 3. The van der Waals surface area contributed by atoms with Gasteiger partial charge in [-0.05, 0) is 33.3 Å². The quantitative estimate of drug-likeness (QED) is 0.848. The van der Waals surface area contributed by atoms with Crippen molar-refractivity contribution in [2.75, 3.05) is 6.54 Å². The standard InChI is InChI=1S/C15H20F3N5O/c1-9-8-12(15(16,17)18)21-23(9)7-5-6-19-14(24)13-10(2)20-22(4)11(13)3/h8H,5-7H2,1-4H3,(H,19,24). The molecule has 0 spiro atoms. The summed E-state index contributed by atoms with van der Waals surface area (Å²) in [6.07, 6.45) is -3.97. The van der Waals surface area contributed by atoms with E-state index in [2.05, 4.69) is 15.5 Å². The van der Waals surface area contributed by atoms with Crippen molar-refractivity contribution in [2.45, 2.75) is 39.9 Å². The van der Waals surface area contributed by atoms with Gasteiger partial charge in [-0.3, -0.25) is 14.2 Å². The molecule has 0 aliphatic carbocycles. The highest BCUT2D eigenvalue weighted by atomic mass is 19.4. The third-order valence-electron chi connectivity index (χ3n) is 3.84. The predicted molar refractivity (Wildman–Crippen MR) is 81.6 cm³/mol. The van der Waals surface area contributed by atoms with Crippen LogP contribution in [0.4, 0.5) is 13.2 Å². The molecular formula is C15H20F3N5O. The van der Waals surface area contributed by atoms with Crippen LogP contribution in [0.2, 0.25) is 0 Å². The van der Waals surface area contributed by atoms with Crippen LogP contribution in [0.1, 0.15) is 39.6 Å². The van der Waals surface area contributed by atoms with E-state index in [1.807, 2.05) is 0 Å². The molecule has 0 aliphatic heterocycles. The molecule has 0 fully saturated rings. The van der Waals surface area contributed by atoms with Gasteiger partial charge < -0.3 is 5.32 Å². The van der Waals surface area contributed by atoms with E-state index in [9.17, 15) is 18.0 Å². The zero-order valence-electron chi connectivity index (χ0n) is 14.0. The fraction of sp³-hybridized carbons (Fsp3) is 0.533. The molecule has 0 unspecified atom stereocenters. The SMILES string of the molecule is Cc1nn(C)c(C)c1C(=O)NCCCn1nc(C(F)(F)F)cc1C. The molecule has 0 atom stereocenters. The van der Waals surface area contributed by atoms with Crippen LogP contribution in [0.15, 0.2) is 6.07 Å². The number of carbonyl (C=O) groups is 1. The normalized spacial score (nSPS) is 11.8. The molecule has 0 saturated carbocycles. The van der Waals surface area contributed by atoms with E-state index >= 15 is 0 Å². The first-order chi connectivity index (χ1) is 11.1. The maximum absolute atomic E-state index is 12.6. The summed E-state index contributed by atoms with van der Waals surface area (Å²) in [6, 6.07) is 1.01. The second-order valence-electron chi connectivity index (χ2n) is 5.67. The Morgan fingerprint density at radius 1 is 1.25 bits per heavy atom. The van der Waals surface area contributed by atoms with Crippen molar-refractivity contribution in [3.63, 3.8) is 0 Å². The van der Waals surface area contributed by atoms with Gasteiger partial charge in [-0.25, -0.2) is 0 Å². The number of aromatic nitrogens is 4. The van der Waals surface area contributed by atoms with E-state index in [0.717, 1.165) is 11.8 Å². The van der Waals surface area contributed by atoms with Gasteiger partial charge in [-0.15, -0.1) is 0 Å². The molecule has 132 valence electrons. The number of aryl methyl sites for hydroxylation is 4. The smallest absolute Gasteiger partial charge is 0.352 e. The van der Waals surface area contributed by atoms with Crippen LogP contribution >= 0.6 is 0 Å². The second-order valence-corrected chi connectivity index (χ2v) is 5.67. The van der Waals surface area contributed by atoms with Gasteiger partial charge >= 0.3 is 6.18 Å². The number of nitrogens with one attached hydrogen (secondary N) is 1. The molecule has 2 rings (SSSR count). The van der Waals surface area contributed by atoms with Crippen molar-refractivity contribution >= 4 is 5.91 Å². The first-order valence-corrected chi connectivity index (χ1v) is 7.51. The van der Waals surface area contributed by atoms with Gasteiger partial charge in [0.25, 0.3) is 5.91 Å². The number of rotatable bonds is 5. The summed E-state index contributed by atoms with van der Waals surface area (Å²) >= 11 is 0. The molecule has 0 radical (unpaired) electrons. The number of amides is 1. The summed E-state index contributed by atoms with van der Waals surface area (Å²) in [5.41, 5.74) is 1.48. The minimum absolute atomic E-state index is 0.230. The Kier molecular flexibility index (Phi) is 5.00. The van der Waals surface area contributed by atoms with E-state index in [4.69, 9.17) is 0 Å². The van der Waals surface area contributed by atoms with Crippen LogP contribution < -0.4 is 5.32 Å². The van der Waals surface area contributed by atoms with Crippen LogP contribution in [0.3, 0.4) is 0 Å². The van der Waals surface area contributed by atoms with Gasteiger partial charge in [0.1, 0.15) is 0 Å². The minimum atomic E-state index is -4.44. The minimum Gasteiger partial charge on any atom is -0.352 e. The van der Waals surface area contributed by atoms with Crippen molar-refractivity contribution in [1.82, 2.24) is 24.9 Å².